The second-order valence-corrected chi connectivity index (χ2v) is 8.92. The van der Waals surface area contributed by atoms with E-state index in [1.807, 2.05) is 23.1 Å². The number of rotatable bonds is 4. The molecule has 0 saturated carbocycles. The predicted octanol–water partition coefficient (Wildman–Crippen LogP) is 1.88. The lowest BCUT2D eigenvalue weighted by Gasteiger charge is -2.38. The molecule has 9 nitrogen and oxygen atoms in total. The number of hydrogen-bond donors (Lipinski definition) is 2. The molecule has 0 bridgehead atoms. The van der Waals surface area contributed by atoms with E-state index in [1.165, 1.54) is 0 Å². The third kappa shape index (κ3) is 4.50. The summed E-state index contributed by atoms with van der Waals surface area (Å²) < 4.78 is 0. The zero-order chi connectivity index (χ0) is 23.5. The van der Waals surface area contributed by atoms with Crippen molar-refractivity contribution >= 4 is 28.9 Å². The van der Waals surface area contributed by atoms with Crippen LogP contribution >= 0.6 is 0 Å². The van der Waals surface area contributed by atoms with E-state index in [-0.39, 0.29) is 36.5 Å². The van der Waals surface area contributed by atoms with Gasteiger partial charge in [0.1, 0.15) is 5.52 Å². The van der Waals surface area contributed by atoms with Crippen LogP contribution in [0.1, 0.15) is 29.6 Å². The number of carbonyl (C=O) groups is 3. The number of likely N-dealkylation sites (tertiary alicyclic amines) is 1. The van der Waals surface area contributed by atoms with Gasteiger partial charge in [0.05, 0.1) is 23.7 Å². The lowest BCUT2D eigenvalue weighted by atomic mass is 9.92. The minimum absolute atomic E-state index is 0.0253. The first-order valence-corrected chi connectivity index (χ1v) is 11.8. The van der Waals surface area contributed by atoms with E-state index in [2.05, 4.69) is 26.7 Å². The lowest BCUT2D eigenvalue weighted by Crippen LogP contribution is -2.52. The Kier molecular flexibility index (Phi) is 6.24. The van der Waals surface area contributed by atoms with Crippen molar-refractivity contribution in [1.29, 1.82) is 0 Å². The summed E-state index contributed by atoms with van der Waals surface area (Å²) in [5, 5.41) is 5.86. The summed E-state index contributed by atoms with van der Waals surface area (Å²) in [7, 11) is 0. The number of aromatic nitrogens is 2. The number of hydrogen-bond acceptors (Lipinski definition) is 5. The molecule has 1 aromatic heterocycles. The number of nitrogens with zero attached hydrogens (tertiary/aromatic N) is 4. The number of para-hydroxylation sites is 1. The van der Waals surface area contributed by atoms with Crippen LogP contribution < -0.4 is 10.6 Å². The summed E-state index contributed by atoms with van der Waals surface area (Å²) in [6.45, 7) is 1.77. The minimum Gasteiger partial charge on any atom is -0.343 e. The van der Waals surface area contributed by atoms with Gasteiger partial charge in [-0.2, -0.15) is 0 Å². The summed E-state index contributed by atoms with van der Waals surface area (Å²) in [5.74, 6) is -0.142. The van der Waals surface area contributed by atoms with Crippen LogP contribution in [-0.4, -0.2) is 75.9 Å². The summed E-state index contributed by atoms with van der Waals surface area (Å²) in [6, 6.07) is 5.36. The molecule has 2 unspecified atom stereocenters. The fourth-order valence-corrected chi connectivity index (χ4v) is 5.01. The van der Waals surface area contributed by atoms with Gasteiger partial charge in [0.25, 0.3) is 5.91 Å². The van der Waals surface area contributed by atoms with Crippen LogP contribution in [0.15, 0.2) is 54.9 Å². The summed E-state index contributed by atoms with van der Waals surface area (Å²) in [5.41, 5.74) is 1.54. The van der Waals surface area contributed by atoms with E-state index in [4.69, 9.17) is 0 Å². The highest BCUT2D eigenvalue weighted by Gasteiger charge is 2.34. The monoisotopic (exact) mass is 460 g/mol. The number of carbonyl (C=O) groups excluding carboxylic acids is 3. The average Bonchev–Trinajstić information content (AvgIpc) is 3.05. The summed E-state index contributed by atoms with van der Waals surface area (Å²) >= 11 is 0. The Labute approximate surface area is 197 Å². The zero-order valence-corrected chi connectivity index (χ0v) is 18.9. The highest BCUT2D eigenvalue weighted by Crippen LogP contribution is 2.24. The SMILES string of the molecule is O=C(NCC(=O)N1CCC(N2CCC3C=CC=CC3NC2=O)CC1)c1cccc2nccnc12. The van der Waals surface area contributed by atoms with Crippen LogP contribution in [0.25, 0.3) is 11.0 Å². The second kappa shape index (κ2) is 9.62. The Morgan fingerprint density at radius 2 is 1.82 bits per heavy atom. The Morgan fingerprint density at radius 1 is 1.03 bits per heavy atom. The van der Waals surface area contributed by atoms with Crippen molar-refractivity contribution in [2.24, 2.45) is 5.92 Å². The summed E-state index contributed by atoms with van der Waals surface area (Å²) in [4.78, 5) is 50.4. The number of urea groups is 1. The first kappa shape index (κ1) is 22.1. The molecule has 3 heterocycles. The van der Waals surface area contributed by atoms with E-state index < -0.39 is 0 Å². The molecular weight excluding hydrogens is 432 g/mol. The van der Waals surface area contributed by atoms with E-state index in [9.17, 15) is 14.4 Å². The van der Waals surface area contributed by atoms with Gasteiger partial charge in [0, 0.05) is 44.0 Å². The number of allylic oxidation sites excluding steroid dienone is 2. The molecule has 2 aromatic rings. The maximum atomic E-state index is 12.8. The van der Waals surface area contributed by atoms with Gasteiger partial charge in [-0.1, -0.05) is 30.4 Å². The van der Waals surface area contributed by atoms with Crippen molar-refractivity contribution in [3.8, 4) is 0 Å². The molecule has 0 radical (unpaired) electrons. The Bertz CT molecular complexity index is 1150. The number of benzene rings is 1. The van der Waals surface area contributed by atoms with E-state index >= 15 is 0 Å². The van der Waals surface area contributed by atoms with Gasteiger partial charge in [0.15, 0.2) is 0 Å². The van der Waals surface area contributed by atoms with Crippen molar-refractivity contribution in [3.05, 3.63) is 60.5 Å². The van der Waals surface area contributed by atoms with Gasteiger partial charge in [-0.25, -0.2) is 4.79 Å². The molecule has 2 aliphatic heterocycles. The standard InChI is InChI=1S/C25H28N6O3/c32-22(16-28-24(33)19-5-3-7-21-23(19)27-12-11-26-21)30-13-9-18(10-14-30)31-15-8-17-4-1-2-6-20(17)29-25(31)34/h1-7,11-12,17-18,20H,8-10,13-16H2,(H,28,33)(H,29,34). The van der Waals surface area contributed by atoms with Crippen molar-refractivity contribution < 1.29 is 14.4 Å². The Hall–Kier alpha value is -3.75. The molecule has 1 aliphatic carbocycles. The van der Waals surface area contributed by atoms with Crippen LogP contribution in [0, 0.1) is 5.92 Å². The van der Waals surface area contributed by atoms with E-state index in [1.54, 1.807) is 35.5 Å². The third-order valence-electron chi connectivity index (χ3n) is 6.90. The minimum atomic E-state index is -0.347. The van der Waals surface area contributed by atoms with Gasteiger partial charge >= 0.3 is 6.03 Å². The normalized spacial score (nSPS) is 22.8. The topological polar surface area (TPSA) is 108 Å². The van der Waals surface area contributed by atoms with Crippen LogP contribution in [0.5, 0.6) is 0 Å². The Balaban J connectivity index is 1.13. The molecule has 2 saturated heterocycles. The number of nitrogens with one attached hydrogen (secondary N) is 2. The molecule has 2 fully saturated rings. The largest absolute Gasteiger partial charge is 0.343 e. The molecule has 1 aromatic carbocycles. The fraction of sp³-hybridized carbons (Fsp3) is 0.400. The van der Waals surface area contributed by atoms with Gasteiger partial charge in [-0.05, 0) is 31.4 Å². The number of piperidine rings is 1. The smallest absolute Gasteiger partial charge is 0.318 e. The molecule has 2 atom stereocenters. The van der Waals surface area contributed by atoms with E-state index in [0.717, 1.165) is 19.3 Å². The molecule has 0 spiro atoms. The predicted molar refractivity (Wildman–Crippen MR) is 127 cm³/mol. The molecule has 3 aliphatic rings. The van der Waals surface area contributed by atoms with Crippen molar-refractivity contribution in [2.45, 2.75) is 31.3 Å². The molecule has 4 amide bonds. The number of fused-ring (bicyclic) bond motifs is 2. The molecule has 9 heteroatoms. The van der Waals surface area contributed by atoms with Crippen LogP contribution in [-0.2, 0) is 4.79 Å². The van der Waals surface area contributed by atoms with Crippen LogP contribution in [0.4, 0.5) is 4.79 Å². The van der Waals surface area contributed by atoms with Gasteiger partial charge in [-0.15, -0.1) is 0 Å². The molecule has 34 heavy (non-hydrogen) atoms. The first-order chi connectivity index (χ1) is 16.6. The molecule has 2 N–H and O–H groups in total. The number of amides is 4. The van der Waals surface area contributed by atoms with Crippen molar-refractivity contribution in [2.75, 3.05) is 26.2 Å². The van der Waals surface area contributed by atoms with Gasteiger partial charge in [0.2, 0.25) is 5.91 Å². The highest BCUT2D eigenvalue weighted by atomic mass is 16.2. The maximum Gasteiger partial charge on any atom is 0.318 e. The zero-order valence-electron chi connectivity index (χ0n) is 18.9. The molecule has 5 rings (SSSR count). The van der Waals surface area contributed by atoms with Gasteiger partial charge in [-0.3, -0.25) is 19.6 Å². The lowest BCUT2D eigenvalue weighted by molar-refractivity contribution is -0.131. The quantitative estimate of drug-likeness (QED) is 0.725. The van der Waals surface area contributed by atoms with Crippen molar-refractivity contribution in [3.63, 3.8) is 0 Å². The van der Waals surface area contributed by atoms with Crippen molar-refractivity contribution in [1.82, 2.24) is 30.4 Å². The van der Waals surface area contributed by atoms with Crippen LogP contribution in [0.3, 0.4) is 0 Å². The van der Waals surface area contributed by atoms with E-state index in [0.29, 0.717) is 42.1 Å². The first-order valence-electron chi connectivity index (χ1n) is 11.8. The molecule has 176 valence electrons. The Morgan fingerprint density at radius 3 is 2.68 bits per heavy atom. The second-order valence-electron chi connectivity index (χ2n) is 8.92. The average molecular weight is 461 g/mol. The third-order valence-corrected chi connectivity index (χ3v) is 6.90. The highest BCUT2D eigenvalue weighted by molar-refractivity contribution is 6.05. The maximum absolute atomic E-state index is 12.8. The summed E-state index contributed by atoms with van der Waals surface area (Å²) in [6.07, 6.45) is 13.7. The van der Waals surface area contributed by atoms with Crippen LogP contribution in [0.2, 0.25) is 0 Å². The fourth-order valence-electron chi connectivity index (χ4n) is 5.01. The molecular formula is C25H28N6O3. The van der Waals surface area contributed by atoms with Gasteiger partial charge < -0.3 is 20.4 Å².